The molecule has 3 rings (SSSR count). The smallest absolute Gasteiger partial charge is 0.265 e. The van der Waals surface area contributed by atoms with Crippen LogP contribution in [0.3, 0.4) is 0 Å². The van der Waals surface area contributed by atoms with Gasteiger partial charge in [-0.3, -0.25) is 14.5 Å². The van der Waals surface area contributed by atoms with E-state index in [1.165, 1.54) is 16.2 Å². The van der Waals surface area contributed by atoms with E-state index in [2.05, 4.69) is 4.98 Å². The number of benzene rings is 2. The second kappa shape index (κ2) is 8.14. The van der Waals surface area contributed by atoms with Gasteiger partial charge in [0.1, 0.15) is 4.88 Å². The number of hydrogen-bond acceptors (Lipinski definition) is 4. The Morgan fingerprint density at radius 3 is 2.15 bits per heavy atom. The number of amides is 2. The Kier molecular flexibility index (Phi) is 5.66. The van der Waals surface area contributed by atoms with Gasteiger partial charge in [0.25, 0.3) is 11.8 Å². The summed E-state index contributed by atoms with van der Waals surface area (Å²) in [5.74, 6) is -0.248. The van der Waals surface area contributed by atoms with Crippen molar-refractivity contribution in [2.75, 3.05) is 19.0 Å². The fraction of sp³-hybridized carbons (Fsp3) is 0.190. The zero-order valence-corrected chi connectivity index (χ0v) is 16.4. The lowest BCUT2D eigenvalue weighted by atomic mass is 10.2. The normalized spacial score (nSPS) is 10.5. The summed E-state index contributed by atoms with van der Waals surface area (Å²) in [5.41, 5.74) is 2.28. The molecule has 3 aromatic rings. The highest BCUT2D eigenvalue weighted by Gasteiger charge is 2.23. The first-order valence-electron chi connectivity index (χ1n) is 8.57. The first-order chi connectivity index (χ1) is 13.0. The van der Waals surface area contributed by atoms with E-state index in [9.17, 15) is 9.59 Å². The number of thiazole rings is 1. The molecule has 0 radical (unpaired) electrons. The Bertz CT molecular complexity index is 939. The van der Waals surface area contributed by atoms with Gasteiger partial charge in [-0.05, 0) is 24.6 Å². The number of anilines is 1. The third kappa shape index (κ3) is 4.23. The summed E-state index contributed by atoms with van der Waals surface area (Å²) in [7, 11) is 3.45. The van der Waals surface area contributed by atoms with Crippen molar-refractivity contribution in [2.24, 2.45) is 0 Å². The van der Waals surface area contributed by atoms with Gasteiger partial charge in [-0.1, -0.05) is 59.9 Å². The molecule has 138 valence electrons. The largest absolute Gasteiger partial charge is 0.337 e. The summed E-state index contributed by atoms with van der Waals surface area (Å²) in [6.45, 7) is 2.32. The second-order valence-corrected chi connectivity index (χ2v) is 7.27. The Morgan fingerprint density at radius 2 is 1.52 bits per heavy atom. The van der Waals surface area contributed by atoms with Crippen molar-refractivity contribution >= 4 is 28.3 Å². The van der Waals surface area contributed by atoms with E-state index in [-0.39, 0.29) is 11.8 Å². The molecule has 0 bridgehead atoms. The molecule has 0 saturated carbocycles. The van der Waals surface area contributed by atoms with E-state index in [0.717, 1.165) is 5.56 Å². The van der Waals surface area contributed by atoms with E-state index in [1.54, 1.807) is 38.1 Å². The fourth-order valence-electron chi connectivity index (χ4n) is 2.69. The van der Waals surface area contributed by atoms with Crippen LogP contribution in [0.1, 0.15) is 31.3 Å². The number of carbonyl (C=O) groups excluding carboxylic acids is 2. The molecule has 2 amide bonds. The van der Waals surface area contributed by atoms with E-state index < -0.39 is 0 Å². The molecule has 1 heterocycles. The van der Waals surface area contributed by atoms with E-state index in [4.69, 9.17) is 0 Å². The molecule has 0 aliphatic heterocycles. The van der Waals surface area contributed by atoms with Crippen molar-refractivity contribution in [3.63, 3.8) is 0 Å². The summed E-state index contributed by atoms with van der Waals surface area (Å²) in [6.07, 6.45) is 0. The Hall–Kier alpha value is -2.99. The maximum Gasteiger partial charge on any atom is 0.265 e. The molecule has 0 aliphatic carbocycles. The van der Waals surface area contributed by atoms with Crippen molar-refractivity contribution in [2.45, 2.75) is 13.5 Å². The number of aryl methyl sites for hydroxylation is 1. The van der Waals surface area contributed by atoms with Crippen LogP contribution in [-0.4, -0.2) is 35.8 Å². The molecule has 5 nitrogen and oxygen atoms in total. The van der Waals surface area contributed by atoms with Crippen LogP contribution in [0, 0.1) is 6.92 Å². The van der Waals surface area contributed by atoms with Crippen molar-refractivity contribution in [1.29, 1.82) is 0 Å². The zero-order chi connectivity index (χ0) is 19.4. The number of nitrogens with zero attached hydrogens (tertiary/aromatic N) is 3. The quantitative estimate of drug-likeness (QED) is 0.673. The molecule has 6 heteroatoms. The number of aromatic nitrogens is 1. The van der Waals surface area contributed by atoms with Gasteiger partial charge >= 0.3 is 0 Å². The van der Waals surface area contributed by atoms with Crippen LogP contribution in [0.4, 0.5) is 5.13 Å². The topological polar surface area (TPSA) is 53.5 Å². The molecule has 0 unspecified atom stereocenters. The van der Waals surface area contributed by atoms with E-state index >= 15 is 0 Å². The average Bonchev–Trinajstić information content (AvgIpc) is 3.09. The highest BCUT2D eigenvalue weighted by atomic mass is 32.1. The van der Waals surface area contributed by atoms with Crippen molar-refractivity contribution in [1.82, 2.24) is 9.88 Å². The average molecular weight is 379 g/mol. The number of hydrogen-bond donors (Lipinski definition) is 0. The SMILES string of the molecule is Cc1nc(N(C)C(=O)c2ccccc2)sc1C(=O)N(C)Cc1ccccc1. The van der Waals surface area contributed by atoms with Crippen molar-refractivity contribution < 1.29 is 9.59 Å². The molecule has 27 heavy (non-hydrogen) atoms. The van der Waals surface area contributed by atoms with Crippen LogP contribution in [0.15, 0.2) is 60.7 Å². The van der Waals surface area contributed by atoms with Gasteiger partial charge < -0.3 is 4.90 Å². The molecular weight excluding hydrogens is 358 g/mol. The molecule has 0 saturated heterocycles. The van der Waals surface area contributed by atoms with Gasteiger partial charge in [0.15, 0.2) is 5.13 Å². The molecule has 0 fully saturated rings. The highest BCUT2D eigenvalue weighted by molar-refractivity contribution is 7.17. The lowest BCUT2D eigenvalue weighted by Gasteiger charge is -2.16. The third-order valence-corrected chi connectivity index (χ3v) is 5.42. The van der Waals surface area contributed by atoms with E-state index in [1.807, 2.05) is 48.5 Å². The predicted molar refractivity (Wildman–Crippen MR) is 108 cm³/mol. The molecule has 0 atom stereocenters. The molecule has 1 aromatic heterocycles. The standard InChI is InChI=1S/C21H21N3O2S/c1-15-18(20(26)23(2)14-16-10-6-4-7-11-16)27-21(22-15)24(3)19(25)17-12-8-5-9-13-17/h4-13H,14H2,1-3H3. The molecule has 2 aromatic carbocycles. The minimum atomic E-state index is -0.152. The van der Waals surface area contributed by atoms with Crippen LogP contribution in [-0.2, 0) is 6.54 Å². The van der Waals surface area contributed by atoms with E-state index in [0.29, 0.717) is 27.8 Å². The van der Waals surface area contributed by atoms with Crippen LogP contribution in [0.2, 0.25) is 0 Å². The zero-order valence-electron chi connectivity index (χ0n) is 15.5. The van der Waals surface area contributed by atoms with Crippen LogP contribution in [0.5, 0.6) is 0 Å². The van der Waals surface area contributed by atoms with Gasteiger partial charge in [-0.25, -0.2) is 4.98 Å². The monoisotopic (exact) mass is 379 g/mol. The van der Waals surface area contributed by atoms with Crippen LogP contribution in [0.25, 0.3) is 0 Å². The minimum absolute atomic E-state index is 0.0966. The van der Waals surface area contributed by atoms with Gasteiger partial charge in [0, 0.05) is 26.2 Å². The Labute approximate surface area is 162 Å². The predicted octanol–water partition coefficient (Wildman–Crippen LogP) is 4.00. The van der Waals surface area contributed by atoms with Crippen LogP contribution >= 0.6 is 11.3 Å². The van der Waals surface area contributed by atoms with Gasteiger partial charge in [0.2, 0.25) is 0 Å². The van der Waals surface area contributed by atoms with Gasteiger partial charge in [-0.15, -0.1) is 0 Å². The molecule has 0 N–H and O–H groups in total. The summed E-state index contributed by atoms with van der Waals surface area (Å²) < 4.78 is 0. The first kappa shape index (κ1) is 18.8. The lowest BCUT2D eigenvalue weighted by Crippen LogP contribution is -2.26. The second-order valence-electron chi connectivity index (χ2n) is 6.29. The summed E-state index contributed by atoms with van der Waals surface area (Å²) in [6, 6.07) is 18.9. The number of carbonyl (C=O) groups is 2. The van der Waals surface area contributed by atoms with Crippen LogP contribution < -0.4 is 4.90 Å². The first-order valence-corrected chi connectivity index (χ1v) is 9.39. The molecule has 0 aliphatic rings. The highest BCUT2D eigenvalue weighted by Crippen LogP contribution is 2.27. The molecule has 0 spiro atoms. The third-order valence-electron chi connectivity index (χ3n) is 4.20. The summed E-state index contributed by atoms with van der Waals surface area (Å²) >= 11 is 1.24. The van der Waals surface area contributed by atoms with Gasteiger partial charge in [0.05, 0.1) is 5.69 Å². The fourth-order valence-corrected chi connectivity index (χ4v) is 3.71. The summed E-state index contributed by atoms with van der Waals surface area (Å²) in [5, 5.41) is 0.512. The van der Waals surface area contributed by atoms with Crippen molar-refractivity contribution in [3.8, 4) is 0 Å². The Balaban J connectivity index is 1.77. The maximum atomic E-state index is 12.8. The van der Waals surface area contributed by atoms with Crippen molar-refractivity contribution in [3.05, 3.63) is 82.4 Å². The summed E-state index contributed by atoms with van der Waals surface area (Å²) in [4.78, 5) is 33.6. The maximum absolute atomic E-state index is 12.8. The Morgan fingerprint density at radius 1 is 0.926 bits per heavy atom. The number of rotatable bonds is 5. The van der Waals surface area contributed by atoms with Gasteiger partial charge in [-0.2, -0.15) is 0 Å². The lowest BCUT2D eigenvalue weighted by molar-refractivity contribution is 0.0788. The minimum Gasteiger partial charge on any atom is -0.337 e. The molecular formula is C21H21N3O2S.